The van der Waals surface area contributed by atoms with Gasteiger partial charge in [-0.25, -0.2) is 0 Å². The van der Waals surface area contributed by atoms with Gasteiger partial charge in [-0.1, -0.05) is 6.07 Å². The Labute approximate surface area is 131 Å². The van der Waals surface area contributed by atoms with Crippen LogP contribution in [0.2, 0.25) is 0 Å². The van der Waals surface area contributed by atoms with E-state index in [2.05, 4.69) is 17.0 Å². The molecule has 0 saturated heterocycles. The second-order valence-electron chi connectivity index (χ2n) is 5.38. The first-order valence-corrected chi connectivity index (χ1v) is 7.75. The summed E-state index contributed by atoms with van der Waals surface area (Å²) in [4.78, 5) is 2.33. The molecule has 0 fully saturated rings. The molecule has 1 aliphatic rings. The molecular weight excluding hydrogens is 276 g/mol. The molecule has 0 bridgehead atoms. The quantitative estimate of drug-likeness (QED) is 0.833. The number of ether oxygens (including phenoxy) is 2. The highest BCUT2D eigenvalue weighted by Crippen LogP contribution is 2.29. The molecule has 0 unspecified atom stereocenters. The lowest BCUT2D eigenvalue weighted by molar-refractivity contribution is 0.320. The Balaban J connectivity index is 1.53. The Morgan fingerprint density at radius 3 is 2.50 bits per heavy atom. The van der Waals surface area contributed by atoms with Crippen LogP contribution < -0.4 is 20.1 Å². The van der Waals surface area contributed by atoms with Crippen molar-refractivity contribution in [3.05, 3.63) is 48.0 Å². The number of nitrogens with zero attached hydrogens (tertiary/aromatic N) is 1. The molecule has 0 aliphatic carbocycles. The van der Waals surface area contributed by atoms with E-state index in [0.29, 0.717) is 13.2 Å². The Kier molecular flexibility index (Phi) is 4.37. The van der Waals surface area contributed by atoms with E-state index in [1.807, 2.05) is 37.3 Å². The number of nitrogen functional groups attached to an aromatic ring is 1. The van der Waals surface area contributed by atoms with Gasteiger partial charge in [0.2, 0.25) is 0 Å². The standard InChI is InChI=1S/C18H22N2O2/c1-2-21-16-5-7-17(8-6-16)22-12-11-20-10-9-14-3-4-15(19)13-18(14)20/h3-8,13H,2,9-12,19H2,1H3. The van der Waals surface area contributed by atoms with Gasteiger partial charge in [0.1, 0.15) is 18.1 Å². The number of rotatable bonds is 6. The molecule has 2 aromatic rings. The molecule has 4 heteroatoms. The van der Waals surface area contributed by atoms with E-state index < -0.39 is 0 Å². The third kappa shape index (κ3) is 3.27. The smallest absolute Gasteiger partial charge is 0.119 e. The van der Waals surface area contributed by atoms with Crippen molar-refractivity contribution in [2.24, 2.45) is 0 Å². The van der Waals surface area contributed by atoms with Gasteiger partial charge < -0.3 is 20.1 Å². The van der Waals surface area contributed by atoms with E-state index >= 15 is 0 Å². The highest BCUT2D eigenvalue weighted by molar-refractivity contribution is 5.64. The summed E-state index contributed by atoms with van der Waals surface area (Å²) in [6.45, 7) is 5.21. The summed E-state index contributed by atoms with van der Waals surface area (Å²) >= 11 is 0. The number of fused-ring (bicyclic) bond motifs is 1. The molecule has 1 heterocycles. The first-order valence-electron chi connectivity index (χ1n) is 7.75. The van der Waals surface area contributed by atoms with Crippen LogP contribution >= 0.6 is 0 Å². The maximum atomic E-state index is 5.88. The first kappa shape index (κ1) is 14.6. The normalized spacial score (nSPS) is 13.0. The Bertz CT molecular complexity index is 625. The molecule has 0 radical (unpaired) electrons. The molecule has 0 aromatic heterocycles. The van der Waals surface area contributed by atoms with Crippen LogP contribution in [-0.4, -0.2) is 26.3 Å². The summed E-state index contributed by atoms with van der Waals surface area (Å²) in [7, 11) is 0. The van der Waals surface area contributed by atoms with Crippen molar-refractivity contribution in [1.29, 1.82) is 0 Å². The van der Waals surface area contributed by atoms with Crippen LogP contribution in [0.15, 0.2) is 42.5 Å². The summed E-state index contributed by atoms with van der Waals surface area (Å²) < 4.78 is 11.2. The minimum atomic E-state index is 0.655. The van der Waals surface area contributed by atoms with Gasteiger partial charge in [0.25, 0.3) is 0 Å². The first-order chi connectivity index (χ1) is 10.8. The van der Waals surface area contributed by atoms with Crippen LogP contribution in [0.1, 0.15) is 12.5 Å². The number of anilines is 2. The highest BCUT2D eigenvalue weighted by Gasteiger charge is 2.18. The minimum absolute atomic E-state index is 0.655. The number of nitrogens with two attached hydrogens (primary N) is 1. The predicted octanol–water partition coefficient (Wildman–Crippen LogP) is 3.11. The van der Waals surface area contributed by atoms with Crippen molar-refractivity contribution >= 4 is 11.4 Å². The summed E-state index contributed by atoms with van der Waals surface area (Å²) in [6, 6.07) is 13.9. The molecule has 0 saturated carbocycles. The van der Waals surface area contributed by atoms with E-state index in [-0.39, 0.29) is 0 Å². The lowest BCUT2D eigenvalue weighted by atomic mass is 10.1. The maximum Gasteiger partial charge on any atom is 0.119 e. The zero-order valence-electron chi connectivity index (χ0n) is 12.9. The van der Waals surface area contributed by atoms with Crippen LogP contribution in [0.25, 0.3) is 0 Å². The van der Waals surface area contributed by atoms with Gasteiger partial charge in [-0.2, -0.15) is 0 Å². The van der Waals surface area contributed by atoms with Crippen LogP contribution in [0.3, 0.4) is 0 Å². The predicted molar refractivity (Wildman–Crippen MR) is 89.9 cm³/mol. The van der Waals surface area contributed by atoms with E-state index in [9.17, 15) is 0 Å². The summed E-state index contributed by atoms with van der Waals surface area (Å²) in [5.41, 5.74) is 9.32. The number of hydrogen-bond acceptors (Lipinski definition) is 4. The van der Waals surface area contributed by atoms with Gasteiger partial charge in [0.15, 0.2) is 0 Å². The molecule has 0 spiro atoms. The Morgan fingerprint density at radius 1 is 1.05 bits per heavy atom. The molecule has 116 valence electrons. The van der Waals surface area contributed by atoms with E-state index in [1.54, 1.807) is 0 Å². The molecule has 0 atom stereocenters. The summed E-state index contributed by atoms with van der Waals surface area (Å²) in [5, 5.41) is 0. The largest absolute Gasteiger partial charge is 0.494 e. The molecule has 1 aliphatic heterocycles. The number of hydrogen-bond donors (Lipinski definition) is 1. The lowest BCUT2D eigenvalue weighted by Crippen LogP contribution is -2.26. The van der Waals surface area contributed by atoms with E-state index in [1.165, 1.54) is 11.3 Å². The van der Waals surface area contributed by atoms with Gasteiger partial charge in [-0.3, -0.25) is 0 Å². The molecule has 2 aromatic carbocycles. The van der Waals surface area contributed by atoms with Crippen LogP contribution in [-0.2, 0) is 6.42 Å². The van der Waals surface area contributed by atoms with Gasteiger partial charge in [0.05, 0.1) is 13.2 Å². The average Bonchev–Trinajstić information content (AvgIpc) is 2.92. The van der Waals surface area contributed by atoms with Crippen molar-refractivity contribution in [3.63, 3.8) is 0 Å². The van der Waals surface area contributed by atoms with Gasteiger partial charge in [-0.15, -0.1) is 0 Å². The van der Waals surface area contributed by atoms with Crippen molar-refractivity contribution in [1.82, 2.24) is 0 Å². The monoisotopic (exact) mass is 298 g/mol. The Hall–Kier alpha value is -2.36. The van der Waals surface area contributed by atoms with Gasteiger partial charge >= 0.3 is 0 Å². The molecule has 3 rings (SSSR count). The summed E-state index contributed by atoms with van der Waals surface area (Å²) in [6.07, 6.45) is 1.08. The van der Waals surface area contributed by atoms with Crippen LogP contribution in [0.5, 0.6) is 11.5 Å². The van der Waals surface area contributed by atoms with Crippen molar-refractivity contribution < 1.29 is 9.47 Å². The third-order valence-corrected chi connectivity index (χ3v) is 3.87. The maximum absolute atomic E-state index is 5.88. The zero-order valence-corrected chi connectivity index (χ0v) is 12.9. The van der Waals surface area contributed by atoms with E-state index in [4.69, 9.17) is 15.2 Å². The van der Waals surface area contributed by atoms with Crippen LogP contribution in [0, 0.1) is 0 Å². The third-order valence-electron chi connectivity index (χ3n) is 3.87. The Morgan fingerprint density at radius 2 is 1.77 bits per heavy atom. The van der Waals surface area contributed by atoms with Crippen molar-refractivity contribution in [2.75, 3.05) is 36.9 Å². The average molecular weight is 298 g/mol. The fourth-order valence-electron chi connectivity index (χ4n) is 2.77. The zero-order chi connectivity index (χ0) is 15.4. The highest BCUT2D eigenvalue weighted by atomic mass is 16.5. The molecule has 22 heavy (non-hydrogen) atoms. The SMILES string of the molecule is CCOc1ccc(OCCN2CCc3ccc(N)cc32)cc1. The lowest BCUT2D eigenvalue weighted by Gasteiger charge is -2.20. The molecule has 4 nitrogen and oxygen atoms in total. The molecular formula is C18H22N2O2. The number of benzene rings is 2. The molecule has 0 amide bonds. The second-order valence-corrected chi connectivity index (χ2v) is 5.38. The fourth-order valence-corrected chi connectivity index (χ4v) is 2.77. The fraction of sp³-hybridized carbons (Fsp3) is 0.333. The minimum Gasteiger partial charge on any atom is -0.494 e. The second kappa shape index (κ2) is 6.60. The summed E-state index contributed by atoms with van der Waals surface area (Å²) in [5.74, 6) is 1.74. The van der Waals surface area contributed by atoms with Gasteiger partial charge in [0, 0.05) is 17.9 Å². The van der Waals surface area contributed by atoms with Crippen molar-refractivity contribution in [2.45, 2.75) is 13.3 Å². The van der Waals surface area contributed by atoms with Crippen LogP contribution in [0.4, 0.5) is 11.4 Å². The van der Waals surface area contributed by atoms with Crippen molar-refractivity contribution in [3.8, 4) is 11.5 Å². The van der Waals surface area contributed by atoms with Gasteiger partial charge in [-0.05, 0) is 55.3 Å². The topological polar surface area (TPSA) is 47.7 Å². The van der Waals surface area contributed by atoms with E-state index in [0.717, 1.165) is 36.7 Å². The molecule has 2 N–H and O–H groups in total.